The van der Waals surface area contributed by atoms with Crippen molar-refractivity contribution in [3.63, 3.8) is 0 Å². The number of ether oxygens (including phenoxy) is 2. The molecule has 5 rings (SSSR count). The van der Waals surface area contributed by atoms with Crippen LogP contribution >= 0.6 is 34.5 Å². The molecule has 0 fully saturated rings. The summed E-state index contributed by atoms with van der Waals surface area (Å²) in [6, 6.07) is 17.3. The highest BCUT2D eigenvalue weighted by atomic mass is 35.5. The maximum atomic E-state index is 13.9. The Morgan fingerprint density at radius 1 is 1.14 bits per heavy atom. The average molecular weight is 625 g/mol. The third-order valence-corrected chi connectivity index (χ3v) is 8.08. The largest absolute Gasteiger partial charge is 0.488 e. The predicted octanol–water partition coefficient (Wildman–Crippen LogP) is 5.59. The standard InChI is InChI=1S/C30H23Cl2N3O6S/c1-3-40-29(37)26-17(2)33-30-34(27(26)22-6-4-5-7-23(22)32)28(36)25(42-30)15-19-14-20(31)10-13-24(19)41-16-18-8-11-21(12-9-18)35(38)39/h4-15,27H,3,16H2,1-2H3/b25-15-/t27-/m1/s1. The van der Waals surface area contributed by atoms with E-state index in [-0.39, 0.29) is 30.0 Å². The summed E-state index contributed by atoms with van der Waals surface area (Å²) in [7, 11) is 0. The van der Waals surface area contributed by atoms with E-state index < -0.39 is 16.9 Å². The zero-order valence-electron chi connectivity index (χ0n) is 22.4. The van der Waals surface area contributed by atoms with Gasteiger partial charge < -0.3 is 9.47 Å². The monoisotopic (exact) mass is 623 g/mol. The van der Waals surface area contributed by atoms with Gasteiger partial charge in [0, 0.05) is 27.7 Å². The summed E-state index contributed by atoms with van der Waals surface area (Å²) < 4.78 is 13.1. The summed E-state index contributed by atoms with van der Waals surface area (Å²) in [6.07, 6.45) is 1.66. The fraction of sp³-hybridized carbons (Fsp3) is 0.167. The molecule has 2 heterocycles. The Labute approximate surface area is 253 Å². The van der Waals surface area contributed by atoms with Crippen molar-refractivity contribution in [2.75, 3.05) is 6.61 Å². The van der Waals surface area contributed by atoms with Crippen LogP contribution in [-0.2, 0) is 16.1 Å². The van der Waals surface area contributed by atoms with Crippen molar-refractivity contribution in [2.45, 2.75) is 26.5 Å². The van der Waals surface area contributed by atoms with Gasteiger partial charge in [0.05, 0.1) is 27.3 Å². The van der Waals surface area contributed by atoms with Gasteiger partial charge in [-0.2, -0.15) is 0 Å². The Hall–Kier alpha value is -4.25. The topological polar surface area (TPSA) is 113 Å². The molecule has 9 nitrogen and oxygen atoms in total. The number of esters is 1. The zero-order valence-corrected chi connectivity index (χ0v) is 24.7. The zero-order chi connectivity index (χ0) is 30.0. The molecule has 1 atom stereocenters. The van der Waals surface area contributed by atoms with Gasteiger partial charge in [0.1, 0.15) is 18.4 Å². The van der Waals surface area contributed by atoms with Crippen molar-refractivity contribution in [2.24, 2.45) is 4.99 Å². The number of allylic oxidation sites excluding steroid dienone is 1. The van der Waals surface area contributed by atoms with Gasteiger partial charge in [-0.15, -0.1) is 0 Å². The smallest absolute Gasteiger partial charge is 0.338 e. The normalized spacial score (nSPS) is 14.8. The molecule has 12 heteroatoms. The van der Waals surface area contributed by atoms with Gasteiger partial charge in [-0.1, -0.05) is 52.7 Å². The minimum atomic E-state index is -0.839. The van der Waals surface area contributed by atoms with Gasteiger partial charge in [-0.25, -0.2) is 9.79 Å². The molecule has 0 amide bonds. The number of nitrogens with zero attached hydrogens (tertiary/aromatic N) is 3. The molecule has 1 aliphatic rings. The lowest BCUT2D eigenvalue weighted by Crippen LogP contribution is -2.40. The first kappa shape index (κ1) is 29.2. The molecule has 42 heavy (non-hydrogen) atoms. The lowest BCUT2D eigenvalue weighted by molar-refractivity contribution is -0.384. The molecule has 0 radical (unpaired) electrons. The number of aromatic nitrogens is 1. The molecule has 0 aliphatic carbocycles. The van der Waals surface area contributed by atoms with Crippen LogP contribution in [0.3, 0.4) is 0 Å². The number of fused-ring (bicyclic) bond motifs is 1. The lowest BCUT2D eigenvalue weighted by Gasteiger charge is -2.25. The van der Waals surface area contributed by atoms with E-state index >= 15 is 0 Å². The van der Waals surface area contributed by atoms with Gasteiger partial charge in [0.25, 0.3) is 11.2 Å². The van der Waals surface area contributed by atoms with E-state index in [2.05, 4.69) is 4.99 Å². The van der Waals surface area contributed by atoms with Gasteiger partial charge in [0.15, 0.2) is 4.80 Å². The number of hydrogen-bond donors (Lipinski definition) is 0. The summed E-state index contributed by atoms with van der Waals surface area (Å²) in [6.45, 7) is 3.71. The minimum Gasteiger partial charge on any atom is -0.488 e. The summed E-state index contributed by atoms with van der Waals surface area (Å²) in [5, 5.41) is 11.8. The Bertz CT molecular complexity index is 1910. The van der Waals surface area contributed by atoms with Crippen molar-refractivity contribution in [1.82, 2.24) is 4.57 Å². The Morgan fingerprint density at radius 2 is 1.88 bits per heavy atom. The second-order valence-corrected chi connectivity index (χ2v) is 11.1. The summed E-state index contributed by atoms with van der Waals surface area (Å²) >= 11 is 14.0. The lowest BCUT2D eigenvalue weighted by atomic mass is 9.96. The number of nitro benzene ring substituents is 1. The van der Waals surface area contributed by atoms with E-state index in [1.54, 1.807) is 74.5 Å². The molecule has 0 saturated heterocycles. The van der Waals surface area contributed by atoms with E-state index in [1.165, 1.54) is 16.7 Å². The molecule has 3 aromatic carbocycles. The molecular formula is C30H23Cl2N3O6S. The molecule has 0 saturated carbocycles. The number of non-ortho nitro benzene ring substituents is 1. The Balaban J connectivity index is 1.59. The fourth-order valence-electron chi connectivity index (χ4n) is 4.56. The summed E-state index contributed by atoms with van der Waals surface area (Å²) in [5.74, 6) is -0.121. The predicted molar refractivity (Wildman–Crippen MR) is 161 cm³/mol. The van der Waals surface area contributed by atoms with Gasteiger partial charge in [0.2, 0.25) is 0 Å². The third-order valence-electron chi connectivity index (χ3n) is 6.52. The molecular weight excluding hydrogens is 601 g/mol. The molecule has 0 spiro atoms. The highest BCUT2D eigenvalue weighted by Crippen LogP contribution is 2.34. The van der Waals surface area contributed by atoms with Crippen LogP contribution < -0.4 is 19.6 Å². The SMILES string of the molecule is CCOC(=O)C1=C(C)N=c2s/c(=C\c3cc(Cl)ccc3OCc3ccc([N+](=O)[O-])cc3)c(=O)n2[C@@H]1c1ccccc1Cl. The van der Waals surface area contributed by atoms with Crippen LogP contribution in [-0.4, -0.2) is 22.1 Å². The molecule has 1 aromatic heterocycles. The van der Waals surface area contributed by atoms with Gasteiger partial charge in [-0.3, -0.25) is 19.5 Å². The number of carbonyl (C=O) groups is 1. The number of carbonyl (C=O) groups excluding carboxylic acids is 1. The second-order valence-electron chi connectivity index (χ2n) is 9.22. The highest BCUT2D eigenvalue weighted by molar-refractivity contribution is 7.07. The number of benzene rings is 3. The van der Waals surface area contributed by atoms with E-state index in [0.717, 1.165) is 16.9 Å². The first-order valence-corrected chi connectivity index (χ1v) is 14.3. The van der Waals surface area contributed by atoms with Crippen LogP contribution in [0.2, 0.25) is 10.0 Å². The number of rotatable bonds is 8. The Kier molecular flexibility index (Phi) is 8.58. The Morgan fingerprint density at radius 3 is 2.57 bits per heavy atom. The van der Waals surface area contributed by atoms with Crippen LogP contribution in [0.5, 0.6) is 5.75 Å². The molecule has 1 aliphatic heterocycles. The number of thiazole rings is 1. The molecule has 4 aromatic rings. The maximum Gasteiger partial charge on any atom is 0.338 e. The van der Waals surface area contributed by atoms with Crippen molar-refractivity contribution in [3.8, 4) is 5.75 Å². The van der Waals surface area contributed by atoms with Crippen LogP contribution in [0.1, 0.15) is 36.6 Å². The number of nitro groups is 1. The molecule has 0 N–H and O–H groups in total. The number of hydrogen-bond acceptors (Lipinski definition) is 8. The van der Waals surface area contributed by atoms with Crippen molar-refractivity contribution < 1.29 is 19.2 Å². The van der Waals surface area contributed by atoms with Crippen LogP contribution in [0.4, 0.5) is 5.69 Å². The van der Waals surface area contributed by atoms with E-state index in [1.807, 2.05) is 0 Å². The van der Waals surface area contributed by atoms with E-state index in [0.29, 0.717) is 42.0 Å². The fourth-order valence-corrected chi connectivity index (χ4v) is 6.02. The average Bonchev–Trinajstić information content (AvgIpc) is 3.26. The second kappa shape index (κ2) is 12.3. The van der Waals surface area contributed by atoms with Crippen molar-refractivity contribution in [1.29, 1.82) is 0 Å². The first-order chi connectivity index (χ1) is 20.2. The highest BCUT2D eigenvalue weighted by Gasteiger charge is 2.34. The minimum absolute atomic E-state index is 0.0160. The number of halogens is 2. The van der Waals surface area contributed by atoms with Crippen LogP contribution in [0.15, 0.2) is 87.8 Å². The van der Waals surface area contributed by atoms with Gasteiger partial charge >= 0.3 is 5.97 Å². The van der Waals surface area contributed by atoms with Crippen molar-refractivity contribution in [3.05, 3.63) is 135 Å². The summed E-state index contributed by atoms with van der Waals surface area (Å²) in [5.41, 5.74) is 2.11. The maximum absolute atomic E-state index is 13.9. The third kappa shape index (κ3) is 5.87. The van der Waals surface area contributed by atoms with Crippen molar-refractivity contribution >= 4 is 52.3 Å². The van der Waals surface area contributed by atoms with E-state index in [4.69, 9.17) is 32.7 Å². The first-order valence-electron chi connectivity index (χ1n) is 12.8. The van der Waals surface area contributed by atoms with Gasteiger partial charge in [-0.05, 0) is 67.4 Å². The summed E-state index contributed by atoms with van der Waals surface area (Å²) in [4.78, 5) is 42.5. The molecule has 0 bridgehead atoms. The van der Waals surface area contributed by atoms with Crippen LogP contribution in [0.25, 0.3) is 6.08 Å². The van der Waals surface area contributed by atoms with E-state index in [9.17, 15) is 19.7 Å². The molecule has 214 valence electrons. The van der Waals surface area contributed by atoms with Crippen LogP contribution in [0, 0.1) is 10.1 Å². The quantitative estimate of drug-likeness (QED) is 0.144. The molecule has 0 unspecified atom stereocenters.